The zero-order valence-electron chi connectivity index (χ0n) is 7.33. The molecule has 2 fully saturated rings. The van der Waals surface area contributed by atoms with E-state index < -0.39 is 0 Å². The summed E-state index contributed by atoms with van der Waals surface area (Å²) in [4.78, 5) is 12.7. The highest BCUT2D eigenvalue weighted by atomic mass is 16.2. The van der Waals surface area contributed by atoms with Crippen LogP contribution in [0.25, 0.3) is 0 Å². The van der Waals surface area contributed by atoms with Crippen molar-refractivity contribution < 1.29 is 4.79 Å². The lowest BCUT2D eigenvalue weighted by molar-refractivity contribution is 0.199. The normalized spacial score (nSPS) is 34.8. The number of carbonyl (C=O) groups is 1. The molecule has 2 bridgehead atoms. The summed E-state index contributed by atoms with van der Waals surface area (Å²) in [5.41, 5.74) is 5.26. The number of amides is 2. The van der Waals surface area contributed by atoms with E-state index >= 15 is 0 Å². The molecule has 2 atom stereocenters. The van der Waals surface area contributed by atoms with Crippen LogP contribution in [0.2, 0.25) is 0 Å². The largest absolute Gasteiger partial charge is 0.351 e. The number of hydrogen-bond donors (Lipinski definition) is 1. The Morgan fingerprint density at radius 1 is 1.25 bits per heavy atom. The first-order valence-electron chi connectivity index (χ1n) is 4.80. The second kappa shape index (κ2) is 2.96. The highest BCUT2D eigenvalue weighted by molar-refractivity contribution is 5.72. The second-order valence-electron chi connectivity index (χ2n) is 4.12. The van der Waals surface area contributed by atoms with Crippen molar-refractivity contribution in [1.29, 1.82) is 0 Å². The SMILES string of the molecule is NC(=O)N1CCC2CCC(C2)C1. The summed E-state index contributed by atoms with van der Waals surface area (Å²) in [5.74, 6) is 1.62. The van der Waals surface area contributed by atoms with E-state index in [2.05, 4.69) is 0 Å². The van der Waals surface area contributed by atoms with Crippen LogP contribution in [0.3, 0.4) is 0 Å². The number of primary amides is 1. The lowest BCUT2D eigenvalue weighted by Crippen LogP contribution is -2.38. The molecule has 2 amide bonds. The van der Waals surface area contributed by atoms with Crippen LogP contribution >= 0.6 is 0 Å². The maximum atomic E-state index is 10.9. The molecule has 3 nitrogen and oxygen atoms in total. The van der Waals surface area contributed by atoms with Gasteiger partial charge in [0.25, 0.3) is 0 Å². The minimum absolute atomic E-state index is 0.234. The molecule has 68 valence electrons. The smallest absolute Gasteiger partial charge is 0.314 e. The molecule has 2 unspecified atom stereocenters. The van der Waals surface area contributed by atoms with Crippen molar-refractivity contribution in [3.05, 3.63) is 0 Å². The Hall–Kier alpha value is -0.730. The molecule has 12 heavy (non-hydrogen) atoms. The molecule has 0 radical (unpaired) electrons. The molecule has 2 aliphatic rings. The first-order chi connectivity index (χ1) is 5.75. The number of rotatable bonds is 0. The zero-order valence-corrected chi connectivity index (χ0v) is 7.33. The van der Waals surface area contributed by atoms with E-state index in [4.69, 9.17) is 5.73 Å². The van der Waals surface area contributed by atoms with Gasteiger partial charge < -0.3 is 10.6 Å². The van der Waals surface area contributed by atoms with Gasteiger partial charge in [-0.25, -0.2) is 4.79 Å². The molecule has 0 aromatic rings. The monoisotopic (exact) mass is 168 g/mol. The Balaban J connectivity index is 2.00. The summed E-state index contributed by atoms with van der Waals surface area (Å²) in [6.07, 6.45) is 5.16. The Morgan fingerprint density at radius 2 is 2.00 bits per heavy atom. The molecule has 2 N–H and O–H groups in total. The van der Waals surface area contributed by atoms with Crippen LogP contribution in [0.15, 0.2) is 0 Å². The Labute approximate surface area is 72.9 Å². The lowest BCUT2D eigenvalue weighted by Gasteiger charge is -2.22. The molecule has 1 heterocycles. The van der Waals surface area contributed by atoms with Crippen LogP contribution < -0.4 is 5.73 Å². The van der Waals surface area contributed by atoms with Crippen molar-refractivity contribution >= 4 is 6.03 Å². The average molecular weight is 168 g/mol. The van der Waals surface area contributed by atoms with Gasteiger partial charge in [-0.3, -0.25) is 0 Å². The van der Waals surface area contributed by atoms with Gasteiger partial charge in [-0.15, -0.1) is 0 Å². The summed E-state index contributed by atoms with van der Waals surface area (Å²) in [6.45, 7) is 1.79. The lowest BCUT2D eigenvalue weighted by atomic mass is 10.0. The van der Waals surface area contributed by atoms with Crippen molar-refractivity contribution in [2.24, 2.45) is 17.6 Å². The Bertz CT molecular complexity index is 193. The molecule has 2 rings (SSSR count). The van der Waals surface area contributed by atoms with Crippen LogP contribution in [0.4, 0.5) is 4.79 Å². The summed E-state index contributed by atoms with van der Waals surface area (Å²) in [7, 11) is 0. The third-order valence-electron chi connectivity index (χ3n) is 3.25. The maximum Gasteiger partial charge on any atom is 0.314 e. The number of urea groups is 1. The molecule has 3 heteroatoms. The Kier molecular flexibility index (Phi) is 1.95. The summed E-state index contributed by atoms with van der Waals surface area (Å²) in [6, 6.07) is -0.234. The fourth-order valence-corrected chi connectivity index (χ4v) is 2.55. The van der Waals surface area contributed by atoms with Gasteiger partial charge in [0, 0.05) is 13.1 Å². The van der Waals surface area contributed by atoms with E-state index in [1.54, 1.807) is 0 Å². The second-order valence-corrected chi connectivity index (χ2v) is 4.12. The Morgan fingerprint density at radius 3 is 2.75 bits per heavy atom. The van der Waals surface area contributed by atoms with E-state index in [1.165, 1.54) is 25.7 Å². The first kappa shape index (κ1) is 7.90. The highest BCUT2D eigenvalue weighted by Crippen LogP contribution is 2.36. The van der Waals surface area contributed by atoms with E-state index in [0.717, 1.165) is 24.9 Å². The van der Waals surface area contributed by atoms with E-state index in [0.29, 0.717) is 0 Å². The molecule has 1 aliphatic heterocycles. The summed E-state index contributed by atoms with van der Waals surface area (Å²) in [5, 5.41) is 0. The topological polar surface area (TPSA) is 46.3 Å². The number of carbonyl (C=O) groups excluding carboxylic acids is 1. The predicted molar refractivity (Wildman–Crippen MR) is 46.6 cm³/mol. The van der Waals surface area contributed by atoms with Crippen molar-refractivity contribution in [1.82, 2.24) is 4.90 Å². The fourth-order valence-electron chi connectivity index (χ4n) is 2.55. The van der Waals surface area contributed by atoms with Gasteiger partial charge in [0.2, 0.25) is 0 Å². The van der Waals surface area contributed by atoms with Crippen LogP contribution in [0.1, 0.15) is 25.7 Å². The third kappa shape index (κ3) is 1.40. The minimum Gasteiger partial charge on any atom is -0.351 e. The molecule has 0 aromatic heterocycles. The van der Waals surface area contributed by atoms with Gasteiger partial charge in [0.15, 0.2) is 0 Å². The number of nitrogens with zero attached hydrogens (tertiary/aromatic N) is 1. The summed E-state index contributed by atoms with van der Waals surface area (Å²) < 4.78 is 0. The fraction of sp³-hybridized carbons (Fsp3) is 0.889. The number of likely N-dealkylation sites (tertiary alicyclic amines) is 1. The maximum absolute atomic E-state index is 10.9. The van der Waals surface area contributed by atoms with Crippen molar-refractivity contribution in [3.63, 3.8) is 0 Å². The van der Waals surface area contributed by atoms with Gasteiger partial charge in [-0.1, -0.05) is 6.42 Å². The molecule has 1 aliphatic carbocycles. The van der Waals surface area contributed by atoms with E-state index in [1.807, 2.05) is 4.90 Å². The van der Waals surface area contributed by atoms with Crippen LogP contribution in [0, 0.1) is 11.8 Å². The summed E-state index contributed by atoms with van der Waals surface area (Å²) >= 11 is 0. The molecule has 1 saturated heterocycles. The zero-order chi connectivity index (χ0) is 8.55. The van der Waals surface area contributed by atoms with Gasteiger partial charge in [0.05, 0.1) is 0 Å². The molecular weight excluding hydrogens is 152 g/mol. The molecule has 0 spiro atoms. The first-order valence-corrected chi connectivity index (χ1v) is 4.80. The third-order valence-corrected chi connectivity index (χ3v) is 3.25. The molecule has 1 saturated carbocycles. The standard InChI is InChI=1S/C9H16N2O/c10-9(12)11-4-3-7-1-2-8(5-7)6-11/h7-8H,1-6H2,(H2,10,12). The van der Waals surface area contributed by atoms with Gasteiger partial charge >= 0.3 is 6.03 Å². The molecule has 0 aromatic carbocycles. The van der Waals surface area contributed by atoms with Crippen molar-refractivity contribution in [2.75, 3.05) is 13.1 Å². The molecular formula is C9H16N2O. The van der Waals surface area contributed by atoms with Gasteiger partial charge in [-0.2, -0.15) is 0 Å². The van der Waals surface area contributed by atoms with E-state index in [-0.39, 0.29) is 6.03 Å². The van der Waals surface area contributed by atoms with Gasteiger partial charge in [0.1, 0.15) is 0 Å². The number of fused-ring (bicyclic) bond motifs is 2. The quantitative estimate of drug-likeness (QED) is 0.580. The highest BCUT2D eigenvalue weighted by Gasteiger charge is 2.30. The predicted octanol–water partition coefficient (Wildman–Crippen LogP) is 1.19. The number of hydrogen-bond acceptors (Lipinski definition) is 1. The average Bonchev–Trinajstić information content (AvgIpc) is 2.29. The minimum atomic E-state index is -0.234. The van der Waals surface area contributed by atoms with Crippen LogP contribution in [-0.4, -0.2) is 24.0 Å². The number of nitrogens with two attached hydrogens (primary N) is 1. The van der Waals surface area contributed by atoms with E-state index in [9.17, 15) is 4.79 Å². The van der Waals surface area contributed by atoms with Gasteiger partial charge in [-0.05, 0) is 31.1 Å². The van der Waals surface area contributed by atoms with Crippen molar-refractivity contribution in [3.8, 4) is 0 Å². The van der Waals surface area contributed by atoms with Crippen LogP contribution in [-0.2, 0) is 0 Å². The van der Waals surface area contributed by atoms with Crippen LogP contribution in [0.5, 0.6) is 0 Å². The van der Waals surface area contributed by atoms with Crippen molar-refractivity contribution in [2.45, 2.75) is 25.7 Å².